The third kappa shape index (κ3) is 4.01. The molecule has 0 spiro atoms. The van der Waals surface area contributed by atoms with Crippen LogP contribution in [0.3, 0.4) is 0 Å². The van der Waals surface area contributed by atoms with Crippen LogP contribution in [0.4, 0.5) is 4.39 Å². The summed E-state index contributed by atoms with van der Waals surface area (Å²) >= 11 is 5.82. The Hall–Kier alpha value is -1.65. The normalized spacial score (nSPS) is 21.2. The lowest BCUT2D eigenvalue weighted by Gasteiger charge is -2.28. The second kappa shape index (κ2) is 7.28. The summed E-state index contributed by atoms with van der Waals surface area (Å²) in [6.07, 6.45) is 2.57. The van der Waals surface area contributed by atoms with Crippen molar-refractivity contribution in [2.24, 2.45) is 11.8 Å². The van der Waals surface area contributed by atoms with E-state index in [1.165, 1.54) is 6.07 Å². The highest BCUT2D eigenvalue weighted by Crippen LogP contribution is 2.27. The lowest BCUT2D eigenvalue weighted by molar-refractivity contribution is 0.00293. The molecule has 1 aliphatic rings. The number of hydrogen-bond acceptors (Lipinski definition) is 3. The molecular formula is C18H19ClFNO2. The number of ether oxygens (including phenoxy) is 2. The maximum absolute atomic E-state index is 14.3. The molecule has 2 atom stereocenters. The fourth-order valence-electron chi connectivity index (χ4n) is 2.64. The first-order valence-corrected chi connectivity index (χ1v) is 8.13. The van der Waals surface area contributed by atoms with E-state index < -0.39 is 0 Å². The van der Waals surface area contributed by atoms with Gasteiger partial charge >= 0.3 is 0 Å². The predicted molar refractivity (Wildman–Crippen MR) is 88.2 cm³/mol. The molecule has 122 valence electrons. The van der Waals surface area contributed by atoms with Crippen LogP contribution in [0.2, 0.25) is 5.02 Å². The molecule has 0 aliphatic carbocycles. The Morgan fingerprint density at radius 3 is 2.91 bits per heavy atom. The van der Waals surface area contributed by atoms with Gasteiger partial charge in [-0.25, -0.2) is 4.39 Å². The van der Waals surface area contributed by atoms with E-state index in [0.717, 1.165) is 13.0 Å². The highest BCUT2D eigenvalue weighted by atomic mass is 35.5. The molecule has 5 heteroatoms. The van der Waals surface area contributed by atoms with Crippen molar-refractivity contribution in [2.45, 2.75) is 13.3 Å². The number of pyridine rings is 1. The zero-order valence-electron chi connectivity index (χ0n) is 13.0. The third-order valence-electron chi connectivity index (χ3n) is 4.26. The van der Waals surface area contributed by atoms with Gasteiger partial charge in [-0.3, -0.25) is 4.98 Å². The Labute approximate surface area is 140 Å². The van der Waals surface area contributed by atoms with Crippen molar-refractivity contribution in [2.75, 3.05) is 19.8 Å². The van der Waals surface area contributed by atoms with Gasteiger partial charge in [0.15, 0.2) is 11.6 Å². The Balaban J connectivity index is 1.68. The first-order chi connectivity index (χ1) is 11.1. The second-order valence-electron chi connectivity index (χ2n) is 5.92. The second-order valence-corrected chi connectivity index (χ2v) is 6.36. The Kier molecular flexibility index (Phi) is 5.13. The molecule has 0 amide bonds. The quantitative estimate of drug-likeness (QED) is 0.818. The van der Waals surface area contributed by atoms with Crippen LogP contribution < -0.4 is 4.74 Å². The summed E-state index contributed by atoms with van der Waals surface area (Å²) in [5.74, 6) is 0.717. The number of halogens is 2. The molecule has 1 fully saturated rings. The van der Waals surface area contributed by atoms with Crippen molar-refractivity contribution in [3.8, 4) is 17.0 Å². The van der Waals surface area contributed by atoms with Gasteiger partial charge in [0.05, 0.1) is 23.9 Å². The van der Waals surface area contributed by atoms with E-state index in [2.05, 4.69) is 11.9 Å². The monoisotopic (exact) mass is 335 g/mol. The van der Waals surface area contributed by atoms with Crippen LogP contribution >= 0.6 is 11.6 Å². The minimum absolute atomic E-state index is 0.264. The number of nitrogens with zero attached hydrogens (tertiary/aromatic N) is 1. The van der Waals surface area contributed by atoms with Gasteiger partial charge in [0.1, 0.15) is 0 Å². The fourth-order valence-corrected chi connectivity index (χ4v) is 2.75. The zero-order valence-corrected chi connectivity index (χ0v) is 13.7. The summed E-state index contributed by atoms with van der Waals surface area (Å²) in [7, 11) is 0. The van der Waals surface area contributed by atoms with E-state index in [1.54, 1.807) is 30.5 Å². The van der Waals surface area contributed by atoms with Gasteiger partial charge in [0.2, 0.25) is 0 Å². The maximum Gasteiger partial charge on any atom is 0.165 e. The van der Waals surface area contributed by atoms with Crippen LogP contribution in [0.5, 0.6) is 5.75 Å². The van der Waals surface area contributed by atoms with E-state index in [4.69, 9.17) is 21.1 Å². The van der Waals surface area contributed by atoms with Gasteiger partial charge in [-0.1, -0.05) is 18.5 Å². The van der Waals surface area contributed by atoms with Gasteiger partial charge in [0, 0.05) is 24.3 Å². The summed E-state index contributed by atoms with van der Waals surface area (Å²) in [5, 5.41) is 0.554. The van der Waals surface area contributed by atoms with Crippen LogP contribution in [0.15, 0.2) is 36.5 Å². The van der Waals surface area contributed by atoms with E-state index in [-0.39, 0.29) is 11.6 Å². The number of rotatable bonds is 4. The van der Waals surface area contributed by atoms with Crippen molar-refractivity contribution in [1.82, 2.24) is 4.98 Å². The van der Waals surface area contributed by atoms with Crippen LogP contribution in [0.1, 0.15) is 13.3 Å². The van der Waals surface area contributed by atoms with Crippen LogP contribution in [-0.4, -0.2) is 24.8 Å². The van der Waals surface area contributed by atoms with Crippen molar-refractivity contribution >= 4 is 11.6 Å². The van der Waals surface area contributed by atoms with Crippen molar-refractivity contribution in [3.05, 3.63) is 47.4 Å². The SMILES string of the molecule is C[C@@H]1CCOC[C@H]1COc1ccc(-c2ccc(Cl)cn2)cc1F. The highest BCUT2D eigenvalue weighted by molar-refractivity contribution is 6.30. The molecule has 1 saturated heterocycles. The van der Waals surface area contributed by atoms with E-state index >= 15 is 0 Å². The molecule has 1 aliphatic heterocycles. The summed E-state index contributed by atoms with van der Waals surface area (Å²) in [6.45, 7) is 4.13. The van der Waals surface area contributed by atoms with Crippen molar-refractivity contribution < 1.29 is 13.9 Å². The summed E-state index contributed by atoms with van der Waals surface area (Å²) in [5.41, 5.74) is 1.37. The fraction of sp³-hybridized carbons (Fsp3) is 0.389. The molecule has 2 aromatic rings. The Bertz CT molecular complexity index is 663. The molecule has 0 N–H and O–H groups in total. The van der Waals surface area contributed by atoms with E-state index in [9.17, 15) is 4.39 Å². The number of hydrogen-bond donors (Lipinski definition) is 0. The average Bonchev–Trinajstić information content (AvgIpc) is 2.56. The summed E-state index contributed by atoms with van der Waals surface area (Å²) in [6, 6.07) is 8.38. The lowest BCUT2D eigenvalue weighted by Crippen LogP contribution is -2.30. The number of benzene rings is 1. The minimum Gasteiger partial charge on any atom is -0.490 e. The van der Waals surface area contributed by atoms with Crippen LogP contribution in [0.25, 0.3) is 11.3 Å². The molecule has 23 heavy (non-hydrogen) atoms. The van der Waals surface area contributed by atoms with E-state index in [0.29, 0.717) is 41.3 Å². The zero-order chi connectivity index (χ0) is 16.2. The molecule has 0 radical (unpaired) electrons. The largest absolute Gasteiger partial charge is 0.490 e. The molecule has 1 aromatic carbocycles. The minimum atomic E-state index is -0.386. The van der Waals surface area contributed by atoms with Crippen molar-refractivity contribution in [3.63, 3.8) is 0 Å². The molecular weight excluding hydrogens is 317 g/mol. The van der Waals surface area contributed by atoms with Gasteiger partial charge in [0.25, 0.3) is 0 Å². The van der Waals surface area contributed by atoms with E-state index in [1.807, 2.05) is 0 Å². The molecule has 2 heterocycles. The molecule has 0 saturated carbocycles. The van der Waals surface area contributed by atoms with Gasteiger partial charge in [-0.2, -0.15) is 0 Å². The molecule has 0 unspecified atom stereocenters. The molecule has 3 rings (SSSR count). The lowest BCUT2D eigenvalue weighted by atomic mass is 9.91. The summed E-state index contributed by atoms with van der Waals surface area (Å²) in [4.78, 5) is 4.19. The first-order valence-electron chi connectivity index (χ1n) is 7.75. The number of aromatic nitrogens is 1. The molecule has 1 aromatic heterocycles. The maximum atomic E-state index is 14.3. The van der Waals surface area contributed by atoms with Crippen molar-refractivity contribution in [1.29, 1.82) is 0 Å². The predicted octanol–water partition coefficient (Wildman–Crippen LogP) is 4.59. The highest BCUT2D eigenvalue weighted by Gasteiger charge is 2.23. The average molecular weight is 336 g/mol. The van der Waals surface area contributed by atoms with Crippen LogP contribution in [-0.2, 0) is 4.74 Å². The van der Waals surface area contributed by atoms with Gasteiger partial charge < -0.3 is 9.47 Å². The van der Waals surface area contributed by atoms with Gasteiger partial charge in [-0.15, -0.1) is 0 Å². The smallest absolute Gasteiger partial charge is 0.165 e. The summed E-state index contributed by atoms with van der Waals surface area (Å²) < 4.78 is 25.4. The standard InChI is InChI=1S/C18H19ClFNO2/c1-12-6-7-22-10-14(12)11-23-18-5-2-13(8-16(18)20)17-4-3-15(19)9-21-17/h2-5,8-9,12,14H,6-7,10-11H2,1H3/t12-,14+/m1/s1. The topological polar surface area (TPSA) is 31.4 Å². The first kappa shape index (κ1) is 16.2. The molecule has 3 nitrogen and oxygen atoms in total. The molecule has 0 bridgehead atoms. The third-order valence-corrected chi connectivity index (χ3v) is 4.49. The Morgan fingerprint density at radius 1 is 1.35 bits per heavy atom. The Morgan fingerprint density at radius 2 is 2.22 bits per heavy atom. The van der Waals surface area contributed by atoms with Gasteiger partial charge in [-0.05, 0) is 42.7 Å². The van der Waals surface area contributed by atoms with Crippen LogP contribution in [0, 0.1) is 17.7 Å².